The quantitative estimate of drug-likeness (QED) is 0.145. The van der Waals surface area contributed by atoms with E-state index in [4.69, 9.17) is 9.47 Å². The molecule has 0 aliphatic carbocycles. The standard InChI is InChI=1S/C35H49N3O7/c1-5-7-17-28(40)36-23-27(25-15-11-10-12-16-25)44-34(43)29-26-18-19-35(45-26)30(29)32(41)38(21-13-8-9-14-22-39)31(35)33(42)37(20-6-2)24(3)4/h5-6,10-12,15-16,24,26-27,29-31,39H,1-2,7-9,13-14,17-23H2,3-4H3,(H,36,40)/t26-,27+,29+,30+,31-,35+/m1/s1. The third-order valence-corrected chi connectivity index (χ3v) is 9.34. The van der Waals surface area contributed by atoms with E-state index in [1.807, 2.05) is 44.2 Å². The molecule has 45 heavy (non-hydrogen) atoms. The van der Waals surface area contributed by atoms with Gasteiger partial charge in [-0.1, -0.05) is 55.3 Å². The van der Waals surface area contributed by atoms with Gasteiger partial charge in [0.1, 0.15) is 17.7 Å². The van der Waals surface area contributed by atoms with Crippen LogP contribution in [-0.4, -0.2) is 88.6 Å². The first-order valence-electron chi connectivity index (χ1n) is 16.3. The number of carbonyl (C=O) groups is 4. The molecule has 10 heteroatoms. The fourth-order valence-electron chi connectivity index (χ4n) is 7.18. The van der Waals surface area contributed by atoms with Crippen LogP contribution in [0.15, 0.2) is 55.6 Å². The van der Waals surface area contributed by atoms with Crippen molar-refractivity contribution in [3.63, 3.8) is 0 Å². The molecule has 0 aromatic heterocycles. The molecular weight excluding hydrogens is 574 g/mol. The molecule has 3 amide bonds. The number of rotatable bonds is 18. The van der Waals surface area contributed by atoms with E-state index in [-0.39, 0.29) is 43.3 Å². The molecule has 0 radical (unpaired) electrons. The number of ether oxygens (including phenoxy) is 2. The number of aliphatic hydroxyl groups is 1. The van der Waals surface area contributed by atoms with Gasteiger partial charge in [0.2, 0.25) is 17.7 Å². The molecule has 2 N–H and O–H groups in total. The second-order valence-corrected chi connectivity index (χ2v) is 12.6. The smallest absolute Gasteiger partial charge is 0.313 e. The van der Waals surface area contributed by atoms with E-state index in [0.717, 1.165) is 18.4 Å². The molecule has 3 aliphatic rings. The zero-order valence-corrected chi connectivity index (χ0v) is 26.7. The maximum Gasteiger partial charge on any atom is 0.313 e. The number of fused-ring (bicyclic) bond motifs is 1. The fraction of sp³-hybridized carbons (Fsp3) is 0.600. The van der Waals surface area contributed by atoms with E-state index in [9.17, 15) is 24.3 Å². The van der Waals surface area contributed by atoms with Crippen LogP contribution in [0.1, 0.15) is 76.9 Å². The number of likely N-dealkylation sites (tertiary alicyclic amines) is 1. The molecule has 3 aliphatic heterocycles. The monoisotopic (exact) mass is 623 g/mol. The number of nitrogens with zero attached hydrogens (tertiary/aromatic N) is 2. The van der Waals surface area contributed by atoms with Crippen LogP contribution in [0.3, 0.4) is 0 Å². The molecule has 1 aromatic rings. The Morgan fingerprint density at radius 3 is 2.56 bits per heavy atom. The number of carbonyl (C=O) groups excluding carboxylic acids is 4. The van der Waals surface area contributed by atoms with E-state index in [1.165, 1.54) is 0 Å². The maximum atomic E-state index is 14.3. The number of nitrogens with one attached hydrogen (secondary N) is 1. The van der Waals surface area contributed by atoms with Crippen molar-refractivity contribution >= 4 is 23.7 Å². The summed E-state index contributed by atoms with van der Waals surface area (Å²) >= 11 is 0. The van der Waals surface area contributed by atoms with Gasteiger partial charge in [0.15, 0.2) is 0 Å². The van der Waals surface area contributed by atoms with E-state index < -0.39 is 41.7 Å². The zero-order chi connectivity index (χ0) is 32.6. The van der Waals surface area contributed by atoms with E-state index >= 15 is 0 Å². The molecule has 6 atom stereocenters. The van der Waals surface area contributed by atoms with Gasteiger partial charge in [-0.3, -0.25) is 19.2 Å². The Labute approximate surface area is 266 Å². The van der Waals surface area contributed by atoms with Gasteiger partial charge < -0.3 is 29.7 Å². The first-order chi connectivity index (χ1) is 21.7. The summed E-state index contributed by atoms with van der Waals surface area (Å²) in [7, 11) is 0. The molecule has 246 valence electrons. The minimum Gasteiger partial charge on any atom is -0.455 e. The third kappa shape index (κ3) is 7.33. The number of hydrogen-bond acceptors (Lipinski definition) is 7. The molecule has 1 spiro atoms. The van der Waals surface area contributed by atoms with Crippen molar-refractivity contribution in [1.82, 2.24) is 15.1 Å². The highest BCUT2D eigenvalue weighted by molar-refractivity contribution is 5.98. The molecule has 3 saturated heterocycles. The molecule has 1 aromatic carbocycles. The van der Waals surface area contributed by atoms with Crippen LogP contribution < -0.4 is 5.32 Å². The summed E-state index contributed by atoms with van der Waals surface area (Å²) in [5, 5.41) is 12.0. The van der Waals surface area contributed by atoms with Gasteiger partial charge >= 0.3 is 5.97 Å². The second-order valence-electron chi connectivity index (χ2n) is 12.6. The average Bonchev–Trinajstić information content (AvgIpc) is 3.68. The molecule has 2 bridgehead atoms. The number of allylic oxidation sites excluding steroid dienone is 1. The lowest BCUT2D eigenvalue weighted by Crippen LogP contribution is -2.57. The largest absolute Gasteiger partial charge is 0.455 e. The van der Waals surface area contributed by atoms with Gasteiger partial charge in [-0.2, -0.15) is 0 Å². The van der Waals surface area contributed by atoms with Crippen LogP contribution in [0, 0.1) is 11.8 Å². The summed E-state index contributed by atoms with van der Waals surface area (Å²) in [5.41, 5.74) is -0.399. The molecule has 3 fully saturated rings. The Morgan fingerprint density at radius 2 is 1.89 bits per heavy atom. The summed E-state index contributed by atoms with van der Waals surface area (Å²) in [6, 6.07) is 8.22. The SMILES string of the molecule is C=CCCC(=O)NC[C@H](OC(=O)[C@@H]1[C@H]2C(=O)N(CCCCCCO)[C@H](C(=O)N(CC=C)C(C)C)[C@]23CC[C@H]1O3)c1ccccc1. The van der Waals surface area contributed by atoms with Gasteiger partial charge in [-0.25, -0.2) is 0 Å². The molecule has 0 unspecified atom stereocenters. The highest BCUT2D eigenvalue weighted by atomic mass is 16.6. The maximum absolute atomic E-state index is 14.3. The highest BCUT2D eigenvalue weighted by Gasteiger charge is 2.75. The Balaban J connectivity index is 1.60. The lowest BCUT2D eigenvalue weighted by Gasteiger charge is -2.38. The normalized spacial score (nSPS) is 25.6. The van der Waals surface area contributed by atoms with Gasteiger partial charge in [0, 0.05) is 32.2 Å². The topological polar surface area (TPSA) is 125 Å². The van der Waals surface area contributed by atoms with Crippen LogP contribution in [0.4, 0.5) is 0 Å². The number of unbranched alkanes of at least 4 members (excludes halogenated alkanes) is 3. The van der Waals surface area contributed by atoms with Crippen LogP contribution in [-0.2, 0) is 28.7 Å². The first-order valence-corrected chi connectivity index (χ1v) is 16.3. The second kappa shape index (κ2) is 15.7. The van der Waals surface area contributed by atoms with Crippen molar-refractivity contribution < 1.29 is 33.8 Å². The third-order valence-electron chi connectivity index (χ3n) is 9.34. The van der Waals surface area contributed by atoms with Crippen LogP contribution in [0.5, 0.6) is 0 Å². The van der Waals surface area contributed by atoms with Crippen molar-refractivity contribution in [3.05, 3.63) is 61.2 Å². The number of esters is 1. The number of hydrogen-bond donors (Lipinski definition) is 2. The highest BCUT2D eigenvalue weighted by Crippen LogP contribution is 2.59. The van der Waals surface area contributed by atoms with Crippen LogP contribution in [0.2, 0.25) is 0 Å². The predicted octanol–water partition coefficient (Wildman–Crippen LogP) is 3.70. The molecule has 3 heterocycles. The van der Waals surface area contributed by atoms with E-state index in [1.54, 1.807) is 22.0 Å². The van der Waals surface area contributed by atoms with Gasteiger partial charge in [-0.05, 0) is 51.5 Å². The Morgan fingerprint density at radius 1 is 1.16 bits per heavy atom. The van der Waals surface area contributed by atoms with Crippen molar-refractivity contribution in [3.8, 4) is 0 Å². The Hall–Kier alpha value is -3.50. The van der Waals surface area contributed by atoms with Crippen molar-refractivity contribution in [2.24, 2.45) is 11.8 Å². The fourth-order valence-corrected chi connectivity index (χ4v) is 7.18. The minimum absolute atomic E-state index is 0.0830. The van der Waals surface area contributed by atoms with Gasteiger partial charge in [-0.15, -0.1) is 13.2 Å². The van der Waals surface area contributed by atoms with E-state index in [0.29, 0.717) is 45.2 Å². The minimum atomic E-state index is -1.12. The van der Waals surface area contributed by atoms with Gasteiger partial charge in [0.05, 0.1) is 24.5 Å². The Kier molecular flexibility index (Phi) is 12.0. The number of benzene rings is 1. The van der Waals surface area contributed by atoms with Crippen molar-refractivity contribution in [2.75, 3.05) is 26.2 Å². The number of amides is 3. The molecule has 4 rings (SSSR count). The number of aliphatic hydroxyl groups excluding tert-OH is 1. The molecule has 0 saturated carbocycles. The summed E-state index contributed by atoms with van der Waals surface area (Å²) in [6.45, 7) is 12.2. The molecule has 10 nitrogen and oxygen atoms in total. The summed E-state index contributed by atoms with van der Waals surface area (Å²) in [5.74, 6) is -2.89. The molecular formula is C35H49N3O7. The van der Waals surface area contributed by atoms with Crippen molar-refractivity contribution in [2.45, 2.75) is 95.1 Å². The van der Waals surface area contributed by atoms with Crippen LogP contribution in [0.25, 0.3) is 0 Å². The van der Waals surface area contributed by atoms with Gasteiger partial charge in [0.25, 0.3) is 0 Å². The predicted molar refractivity (Wildman–Crippen MR) is 170 cm³/mol. The van der Waals surface area contributed by atoms with Crippen molar-refractivity contribution in [1.29, 1.82) is 0 Å². The summed E-state index contributed by atoms with van der Waals surface area (Å²) in [6.07, 6.45) is 6.86. The zero-order valence-electron chi connectivity index (χ0n) is 26.7. The lowest BCUT2D eigenvalue weighted by molar-refractivity contribution is -0.160. The average molecular weight is 624 g/mol. The Bertz CT molecular complexity index is 1220. The lowest BCUT2D eigenvalue weighted by atomic mass is 9.70. The first kappa shape index (κ1) is 34.4. The van der Waals surface area contributed by atoms with Crippen LogP contribution >= 0.6 is 0 Å². The van der Waals surface area contributed by atoms with E-state index in [2.05, 4.69) is 18.5 Å². The summed E-state index contributed by atoms with van der Waals surface area (Å²) in [4.78, 5) is 58.3. The summed E-state index contributed by atoms with van der Waals surface area (Å²) < 4.78 is 12.7.